The van der Waals surface area contributed by atoms with Gasteiger partial charge >= 0.3 is 0 Å². The van der Waals surface area contributed by atoms with E-state index in [0.29, 0.717) is 28.9 Å². The van der Waals surface area contributed by atoms with Crippen molar-refractivity contribution in [3.8, 4) is 5.75 Å². The Bertz CT molecular complexity index is 972. The monoisotopic (exact) mass is 431 g/mol. The zero-order valence-electron chi connectivity index (χ0n) is 17.0. The van der Waals surface area contributed by atoms with Gasteiger partial charge in [-0.05, 0) is 50.3 Å². The lowest BCUT2D eigenvalue weighted by Gasteiger charge is -2.25. The molecule has 0 bridgehead atoms. The molecule has 0 atom stereocenters. The Morgan fingerprint density at radius 1 is 1.10 bits per heavy atom. The third-order valence-corrected chi connectivity index (χ3v) is 6.14. The van der Waals surface area contributed by atoms with Gasteiger partial charge in [-0.25, -0.2) is 4.98 Å². The molecule has 0 fully saturated rings. The largest absolute Gasteiger partial charge is 0.494 e. The van der Waals surface area contributed by atoms with Gasteiger partial charge in [0, 0.05) is 13.1 Å². The molecule has 0 saturated heterocycles. The molecule has 1 aromatic heterocycles. The van der Waals surface area contributed by atoms with Crippen molar-refractivity contribution in [3.63, 3.8) is 0 Å². The van der Waals surface area contributed by atoms with E-state index in [0.717, 1.165) is 35.6 Å². The Labute approximate surface area is 180 Å². The number of likely N-dealkylation sites (N-methyl/N-ethyl adjacent to an activating group) is 1. The number of fused-ring (bicyclic) bond motifs is 1. The van der Waals surface area contributed by atoms with Gasteiger partial charge in [0.05, 0.1) is 27.4 Å². The van der Waals surface area contributed by atoms with E-state index in [4.69, 9.17) is 21.3 Å². The van der Waals surface area contributed by atoms with Gasteiger partial charge in [-0.1, -0.05) is 48.9 Å². The molecule has 2 aromatic carbocycles. The maximum Gasteiger partial charge on any atom is 0.261 e. The Morgan fingerprint density at radius 3 is 2.55 bits per heavy atom. The summed E-state index contributed by atoms with van der Waals surface area (Å²) >= 11 is 7.80. The number of carbonyl (C=O) groups is 1. The van der Waals surface area contributed by atoms with E-state index >= 15 is 0 Å². The topological polar surface area (TPSA) is 45.7 Å². The molecule has 0 saturated carbocycles. The van der Waals surface area contributed by atoms with Crippen LogP contribution in [0.15, 0.2) is 42.5 Å². The quantitative estimate of drug-likeness (QED) is 0.459. The molecule has 0 aliphatic rings. The van der Waals surface area contributed by atoms with Crippen LogP contribution in [-0.4, -0.2) is 48.6 Å². The summed E-state index contributed by atoms with van der Waals surface area (Å²) < 4.78 is 6.59. The van der Waals surface area contributed by atoms with E-state index in [1.165, 1.54) is 11.3 Å². The standard InChI is InChI=1S/C22H26ClN3O2S/c1-4-25(5-2)13-14-26(21(27)17-9-7-8-10-18(17)23)22-24-19-12-11-16(28-6-3)15-20(19)29-22/h7-12,15H,4-6,13-14H2,1-3H3. The molecule has 7 heteroatoms. The summed E-state index contributed by atoms with van der Waals surface area (Å²) in [5.74, 6) is 0.675. The third kappa shape index (κ3) is 5.07. The summed E-state index contributed by atoms with van der Waals surface area (Å²) in [5.41, 5.74) is 1.34. The molecule has 154 valence electrons. The second-order valence-electron chi connectivity index (χ2n) is 6.52. The number of aromatic nitrogens is 1. The van der Waals surface area contributed by atoms with Crippen molar-refractivity contribution in [2.45, 2.75) is 20.8 Å². The minimum absolute atomic E-state index is 0.133. The summed E-state index contributed by atoms with van der Waals surface area (Å²) in [4.78, 5) is 22.1. The molecule has 3 rings (SSSR count). The first-order chi connectivity index (χ1) is 14.1. The molecular weight excluding hydrogens is 406 g/mol. The molecule has 29 heavy (non-hydrogen) atoms. The fourth-order valence-electron chi connectivity index (χ4n) is 3.11. The highest BCUT2D eigenvalue weighted by atomic mass is 35.5. The number of halogens is 1. The predicted molar refractivity (Wildman–Crippen MR) is 122 cm³/mol. The third-order valence-electron chi connectivity index (χ3n) is 4.77. The first-order valence-electron chi connectivity index (χ1n) is 9.89. The van der Waals surface area contributed by atoms with Gasteiger partial charge in [0.2, 0.25) is 0 Å². The molecular formula is C22H26ClN3O2S. The van der Waals surface area contributed by atoms with Crippen LogP contribution in [0.5, 0.6) is 5.75 Å². The van der Waals surface area contributed by atoms with Crippen molar-refractivity contribution >= 4 is 44.2 Å². The van der Waals surface area contributed by atoms with Gasteiger partial charge < -0.3 is 9.64 Å². The van der Waals surface area contributed by atoms with E-state index in [-0.39, 0.29) is 5.91 Å². The van der Waals surface area contributed by atoms with Crippen molar-refractivity contribution in [3.05, 3.63) is 53.1 Å². The van der Waals surface area contributed by atoms with E-state index < -0.39 is 0 Å². The lowest BCUT2D eigenvalue weighted by atomic mass is 10.2. The molecule has 3 aromatic rings. The zero-order chi connectivity index (χ0) is 20.8. The summed E-state index contributed by atoms with van der Waals surface area (Å²) in [5, 5.41) is 1.12. The minimum atomic E-state index is -0.133. The van der Waals surface area contributed by atoms with Crippen LogP contribution in [0, 0.1) is 0 Å². The highest BCUT2D eigenvalue weighted by Crippen LogP contribution is 2.33. The number of ether oxygens (including phenoxy) is 1. The smallest absolute Gasteiger partial charge is 0.261 e. The molecule has 0 spiro atoms. The molecule has 0 unspecified atom stereocenters. The van der Waals surface area contributed by atoms with Gasteiger partial charge in [0.25, 0.3) is 5.91 Å². The lowest BCUT2D eigenvalue weighted by Crippen LogP contribution is -2.39. The van der Waals surface area contributed by atoms with Crippen LogP contribution in [0.4, 0.5) is 5.13 Å². The Hall–Kier alpha value is -2.15. The number of anilines is 1. The molecule has 5 nitrogen and oxygen atoms in total. The first kappa shape index (κ1) is 21.6. The van der Waals surface area contributed by atoms with Crippen molar-refractivity contribution in [1.82, 2.24) is 9.88 Å². The van der Waals surface area contributed by atoms with E-state index in [1.807, 2.05) is 37.3 Å². The summed E-state index contributed by atoms with van der Waals surface area (Å²) in [6.07, 6.45) is 0. The number of amides is 1. The van der Waals surface area contributed by atoms with Crippen LogP contribution in [0.25, 0.3) is 10.2 Å². The maximum atomic E-state index is 13.4. The zero-order valence-corrected chi connectivity index (χ0v) is 18.6. The molecule has 1 heterocycles. The summed E-state index contributed by atoms with van der Waals surface area (Å²) in [6.45, 7) is 9.99. The predicted octanol–water partition coefficient (Wildman–Crippen LogP) is 5.34. The summed E-state index contributed by atoms with van der Waals surface area (Å²) in [6, 6.07) is 13.0. The second-order valence-corrected chi connectivity index (χ2v) is 7.94. The van der Waals surface area contributed by atoms with Gasteiger partial charge in [0.15, 0.2) is 5.13 Å². The van der Waals surface area contributed by atoms with E-state index in [9.17, 15) is 4.79 Å². The van der Waals surface area contributed by atoms with E-state index in [1.54, 1.807) is 17.0 Å². The number of rotatable bonds is 9. The Morgan fingerprint density at radius 2 is 1.86 bits per heavy atom. The van der Waals surface area contributed by atoms with Crippen LogP contribution in [-0.2, 0) is 0 Å². The van der Waals surface area contributed by atoms with Crippen molar-refractivity contribution in [2.75, 3.05) is 37.7 Å². The van der Waals surface area contributed by atoms with Crippen LogP contribution in [0.1, 0.15) is 31.1 Å². The first-order valence-corrected chi connectivity index (χ1v) is 11.1. The SMILES string of the molecule is CCOc1ccc2nc(N(CCN(CC)CC)C(=O)c3ccccc3Cl)sc2c1. The van der Waals surface area contributed by atoms with Crippen LogP contribution in [0.2, 0.25) is 5.02 Å². The van der Waals surface area contributed by atoms with Crippen molar-refractivity contribution < 1.29 is 9.53 Å². The number of hydrogen-bond acceptors (Lipinski definition) is 5. The number of carbonyl (C=O) groups excluding carboxylic acids is 1. The second kappa shape index (κ2) is 10.1. The molecule has 1 amide bonds. The molecule has 0 aliphatic heterocycles. The highest BCUT2D eigenvalue weighted by molar-refractivity contribution is 7.22. The highest BCUT2D eigenvalue weighted by Gasteiger charge is 2.23. The number of benzene rings is 2. The van der Waals surface area contributed by atoms with Gasteiger partial charge in [-0.2, -0.15) is 0 Å². The number of nitrogens with zero attached hydrogens (tertiary/aromatic N) is 3. The van der Waals surface area contributed by atoms with E-state index in [2.05, 4.69) is 18.7 Å². The van der Waals surface area contributed by atoms with Crippen molar-refractivity contribution in [2.24, 2.45) is 0 Å². The molecule has 0 radical (unpaired) electrons. The van der Waals surface area contributed by atoms with Crippen LogP contribution >= 0.6 is 22.9 Å². The van der Waals surface area contributed by atoms with Crippen molar-refractivity contribution in [1.29, 1.82) is 0 Å². The molecule has 0 N–H and O–H groups in total. The number of hydrogen-bond donors (Lipinski definition) is 0. The lowest BCUT2D eigenvalue weighted by molar-refractivity contribution is 0.0984. The fourth-order valence-corrected chi connectivity index (χ4v) is 4.35. The van der Waals surface area contributed by atoms with Crippen LogP contribution < -0.4 is 9.64 Å². The minimum Gasteiger partial charge on any atom is -0.494 e. The summed E-state index contributed by atoms with van der Waals surface area (Å²) in [7, 11) is 0. The Kier molecular flexibility index (Phi) is 7.47. The normalized spacial score (nSPS) is 11.2. The maximum absolute atomic E-state index is 13.4. The average Bonchev–Trinajstić information content (AvgIpc) is 3.14. The van der Waals surface area contributed by atoms with Crippen LogP contribution in [0.3, 0.4) is 0 Å². The molecule has 0 aliphatic carbocycles. The van der Waals surface area contributed by atoms with Gasteiger partial charge in [0.1, 0.15) is 5.75 Å². The van der Waals surface area contributed by atoms with Gasteiger partial charge in [-0.15, -0.1) is 0 Å². The average molecular weight is 432 g/mol. The Balaban J connectivity index is 1.96. The van der Waals surface area contributed by atoms with Gasteiger partial charge in [-0.3, -0.25) is 9.69 Å². The fraction of sp³-hybridized carbons (Fsp3) is 0.364. The number of thiazole rings is 1.